The molecule has 1 amide bonds. The molecule has 0 bridgehead atoms. The summed E-state index contributed by atoms with van der Waals surface area (Å²) in [4.78, 5) is 25.6. The summed E-state index contributed by atoms with van der Waals surface area (Å²) < 4.78 is 21.8. The van der Waals surface area contributed by atoms with E-state index in [9.17, 15) is 9.59 Å². The Morgan fingerprint density at radius 1 is 0.844 bits per heavy atom. The number of rotatable bonds is 10. The van der Waals surface area contributed by atoms with Crippen LogP contribution in [0.5, 0.6) is 11.5 Å². The Labute approximate surface area is 187 Å². The second kappa shape index (κ2) is 9.30. The molecule has 0 spiro atoms. The molecule has 2 unspecified atom stereocenters. The minimum absolute atomic E-state index is 0.0607. The van der Waals surface area contributed by atoms with E-state index in [0.29, 0.717) is 26.1 Å². The Morgan fingerprint density at radius 3 is 1.97 bits per heavy atom. The molecule has 0 saturated carbocycles. The minimum Gasteiger partial charge on any atom is -0.491 e. The van der Waals surface area contributed by atoms with Crippen LogP contribution >= 0.6 is 0 Å². The lowest BCUT2D eigenvalue weighted by Gasteiger charge is -2.28. The van der Waals surface area contributed by atoms with Gasteiger partial charge in [0, 0.05) is 12.3 Å². The number of ether oxygens (including phenoxy) is 4. The van der Waals surface area contributed by atoms with E-state index in [2.05, 4.69) is 5.32 Å². The summed E-state index contributed by atoms with van der Waals surface area (Å²) in [5.41, 5.74) is 1.94. The number of epoxide rings is 2. The van der Waals surface area contributed by atoms with Crippen molar-refractivity contribution in [1.82, 2.24) is 5.32 Å². The highest BCUT2D eigenvalue weighted by Crippen LogP contribution is 2.24. The van der Waals surface area contributed by atoms with Gasteiger partial charge in [0.2, 0.25) is 5.91 Å². The van der Waals surface area contributed by atoms with Crippen molar-refractivity contribution in [2.75, 3.05) is 26.4 Å². The minimum atomic E-state index is -0.506. The Balaban J connectivity index is 1.15. The van der Waals surface area contributed by atoms with Crippen molar-refractivity contribution in [3.8, 4) is 11.5 Å². The topological polar surface area (TPSA) is 89.7 Å². The summed E-state index contributed by atoms with van der Waals surface area (Å²) in [6, 6.07) is 14.9. The van der Waals surface area contributed by atoms with Crippen LogP contribution in [0.2, 0.25) is 0 Å². The molecule has 5 rings (SSSR count). The number of carbonyl (C=O) groups is 2. The van der Waals surface area contributed by atoms with E-state index >= 15 is 0 Å². The van der Waals surface area contributed by atoms with Crippen molar-refractivity contribution >= 4 is 11.7 Å². The molecule has 3 saturated heterocycles. The van der Waals surface area contributed by atoms with Gasteiger partial charge in [-0.1, -0.05) is 24.3 Å². The first-order valence-corrected chi connectivity index (χ1v) is 11.1. The first-order valence-electron chi connectivity index (χ1n) is 11.1. The zero-order valence-corrected chi connectivity index (χ0v) is 17.8. The Bertz CT molecular complexity index is 904. The van der Waals surface area contributed by atoms with E-state index in [0.717, 1.165) is 35.8 Å². The van der Waals surface area contributed by atoms with Crippen LogP contribution in [0.25, 0.3) is 0 Å². The van der Waals surface area contributed by atoms with Gasteiger partial charge in [-0.25, -0.2) is 0 Å². The molecule has 0 aromatic heterocycles. The van der Waals surface area contributed by atoms with E-state index in [-0.39, 0.29) is 36.2 Å². The summed E-state index contributed by atoms with van der Waals surface area (Å²) in [6.45, 7) is 2.56. The van der Waals surface area contributed by atoms with E-state index in [1.807, 2.05) is 48.5 Å². The zero-order valence-electron chi connectivity index (χ0n) is 17.8. The molecule has 2 aromatic carbocycles. The number of ketones is 1. The molecule has 3 heterocycles. The fourth-order valence-electron chi connectivity index (χ4n) is 3.93. The molecule has 3 aliphatic heterocycles. The van der Waals surface area contributed by atoms with Gasteiger partial charge in [0.15, 0.2) is 5.78 Å². The highest BCUT2D eigenvalue weighted by atomic mass is 16.6. The summed E-state index contributed by atoms with van der Waals surface area (Å²) >= 11 is 0. The molecule has 168 valence electrons. The van der Waals surface area contributed by atoms with Crippen molar-refractivity contribution in [2.24, 2.45) is 5.92 Å². The summed E-state index contributed by atoms with van der Waals surface area (Å²) in [5, 5.41) is 2.93. The number of Topliss-reactive ketones (excluding diaryl/α,β-unsaturated/α-hetero) is 1. The molecule has 3 aliphatic rings. The standard InChI is InChI=1S/C25H27NO6/c27-24-11-18(7-16-3-1-5-19(8-16)29-12-21-14-31-21)25(28)26-23(24)10-17-4-2-6-20(9-17)30-13-22-15-32-22/h1-6,8-9,18,21-23H,7,10-15H2,(H,26,28)/t18-,21?,22?,23-/m1/s1. The molecule has 4 atom stereocenters. The van der Waals surface area contributed by atoms with Gasteiger partial charge in [0.1, 0.15) is 36.9 Å². The average molecular weight is 437 g/mol. The van der Waals surface area contributed by atoms with E-state index in [4.69, 9.17) is 18.9 Å². The molecule has 3 fully saturated rings. The number of benzene rings is 2. The lowest BCUT2D eigenvalue weighted by molar-refractivity contribution is -0.136. The first-order chi connectivity index (χ1) is 15.6. The van der Waals surface area contributed by atoms with Crippen LogP contribution in [-0.2, 0) is 31.9 Å². The second-order valence-electron chi connectivity index (χ2n) is 8.66. The third-order valence-electron chi connectivity index (χ3n) is 5.92. The quantitative estimate of drug-likeness (QED) is 0.573. The monoisotopic (exact) mass is 437 g/mol. The summed E-state index contributed by atoms with van der Waals surface area (Å²) in [7, 11) is 0. The maximum atomic E-state index is 12.8. The molecule has 0 aliphatic carbocycles. The fraction of sp³-hybridized carbons (Fsp3) is 0.440. The van der Waals surface area contributed by atoms with Gasteiger partial charge < -0.3 is 24.3 Å². The third kappa shape index (κ3) is 5.66. The van der Waals surface area contributed by atoms with Crippen LogP contribution in [0.4, 0.5) is 0 Å². The van der Waals surface area contributed by atoms with Crippen LogP contribution in [-0.4, -0.2) is 56.4 Å². The molecule has 1 N–H and O–H groups in total. The van der Waals surface area contributed by atoms with Crippen LogP contribution in [0, 0.1) is 5.92 Å². The molecular formula is C25H27NO6. The van der Waals surface area contributed by atoms with Gasteiger partial charge in [0.25, 0.3) is 0 Å². The average Bonchev–Trinajstić information content (AvgIpc) is 3.70. The van der Waals surface area contributed by atoms with Crippen LogP contribution in [0.15, 0.2) is 48.5 Å². The first kappa shape index (κ1) is 21.0. The predicted octanol–water partition coefficient (Wildman–Crippen LogP) is 2.10. The molecule has 32 heavy (non-hydrogen) atoms. The van der Waals surface area contributed by atoms with Crippen molar-refractivity contribution in [3.63, 3.8) is 0 Å². The maximum Gasteiger partial charge on any atom is 0.224 e. The van der Waals surface area contributed by atoms with Crippen LogP contribution in [0.1, 0.15) is 17.5 Å². The van der Waals surface area contributed by atoms with Gasteiger partial charge in [-0.3, -0.25) is 9.59 Å². The molecule has 7 nitrogen and oxygen atoms in total. The van der Waals surface area contributed by atoms with Crippen molar-refractivity contribution < 1.29 is 28.5 Å². The zero-order chi connectivity index (χ0) is 21.9. The van der Waals surface area contributed by atoms with E-state index in [1.54, 1.807) is 0 Å². The molecular weight excluding hydrogens is 410 g/mol. The summed E-state index contributed by atoms with van der Waals surface area (Å²) in [5.74, 6) is 1.12. The maximum absolute atomic E-state index is 12.8. The second-order valence-corrected chi connectivity index (χ2v) is 8.66. The summed E-state index contributed by atoms with van der Waals surface area (Å²) in [6.07, 6.45) is 1.59. The fourth-order valence-corrected chi connectivity index (χ4v) is 3.93. The molecule has 7 heteroatoms. The van der Waals surface area contributed by atoms with Gasteiger partial charge in [0.05, 0.1) is 19.3 Å². The van der Waals surface area contributed by atoms with Gasteiger partial charge in [-0.2, -0.15) is 0 Å². The van der Waals surface area contributed by atoms with Crippen molar-refractivity contribution in [2.45, 2.75) is 37.5 Å². The third-order valence-corrected chi connectivity index (χ3v) is 5.92. The SMILES string of the molecule is O=C1N[C@H](Cc2cccc(OCC3CO3)c2)C(=O)C[C@H]1Cc1cccc(OCC2CO2)c1. The van der Waals surface area contributed by atoms with E-state index < -0.39 is 6.04 Å². The predicted molar refractivity (Wildman–Crippen MR) is 116 cm³/mol. The number of amides is 1. The Hall–Kier alpha value is -2.90. The van der Waals surface area contributed by atoms with Crippen molar-refractivity contribution in [1.29, 1.82) is 0 Å². The number of carbonyl (C=O) groups excluding carboxylic acids is 2. The van der Waals surface area contributed by atoms with Crippen LogP contribution in [0.3, 0.4) is 0 Å². The van der Waals surface area contributed by atoms with Gasteiger partial charge in [-0.15, -0.1) is 0 Å². The van der Waals surface area contributed by atoms with E-state index in [1.165, 1.54) is 0 Å². The lowest BCUT2D eigenvalue weighted by Crippen LogP contribution is -2.51. The highest BCUT2D eigenvalue weighted by molar-refractivity contribution is 5.97. The number of piperidine rings is 1. The lowest BCUT2D eigenvalue weighted by atomic mass is 9.86. The number of hydrogen-bond acceptors (Lipinski definition) is 6. The Morgan fingerprint density at radius 2 is 1.41 bits per heavy atom. The number of hydrogen-bond donors (Lipinski definition) is 1. The largest absolute Gasteiger partial charge is 0.491 e. The smallest absolute Gasteiger partial charge is 0.224 e. The van der Waals surface area contributed by atoms with Gasteiger partial charge in [-0.05, 0) is 48.2 Å². The Kier molecular flexibility index (Phi) is 6.10. The molecule has 2 aromatic rings. The number of nitrogens with one attached hydrogen (secondary N) is 1. The highest BCUT2D eigenvalue weighted by Gasteiger charge is 2.34. The van der Waals surface area contributed by atoms with Crippen LogP contribution < -0.4 is 14.8 Å². The van der Waals surface area contributed by atoms with Crippen molar-refractivity contribution in [3.05, 3.63) is 59.7 Å². The molecule has 0 radical (unpaired) electrons. The van der Waals surface area contributed by atoms with Gasteiger partial charge >= 0.3 is 0 Å². The normalized spacial score (nSPS) is 26.4.